The van der Waals surface area contributed by atoms with Crippen molar-refractivity contribution in [3.63, 3.8) is 0 Å². The Bertz CT molecular complexity index is 894. The summed E-state index contributed by atoms with van der Waals surface area (Å²) in [6.45, 7) is 5.97. The monoisotopic (exact) mass is 392 g/mol. The maximum atomic E-state index is 12.5. The van der Waals surface area contributed by atoms with Crippen LogP contribution < -0.4 is 5.14 Å². The first kappa shape index (κ1) is 20.5. The summed E-state index contributed by atoms with van der Waals surface area (Å²) in [6, 6.07) is 12.3. The van der Waals surface area contributed by atoms with Crippen LogP contribution in [0, 0.1) is 13.8 Å². The van der Waals surface area contributed by atoms with Crippen LogP contribution in [0.25, 0.3) is 0 Å². The molecule has 0 fully saturated rings. The van der Waals surface area contributed by atoms with Crippen molar-refractivity contribution in [1.29, 1.82) is 0 Å². The molecular formula is C19H24N2O3S2. The second kappa shape index (κ2) is 8.24. The van der Waals surface area contributed by atoms with Gasteiger partial charge in [0.15, 0.2) is 0 Å². The molecule has 0 spiro atoms. The summed E-state index contributed by atoms with van der Waals surface area (Å²) in [5.41, 5.74) is 3.18. The quantitative estimate of drug-likeness (QED) is 0.765. The largest absolute Gasteiger partial charge is 0.338 e. The van der Waals surface area contributed by atoms with E-state index >= 15 is 0 Å². The third-order valence-corrected chi connectivity index (χ3v) is 6.43. The van der Waals surface area contributed by atoms with Gasteiger partial charge in [0, 0.05) is 11.9 Å². The number of benzene rings is 2. The van der Waals surface area contributed by atoms with Gasteiger partial charge in [-0.1, -0.05) is 29.8 Å². The highest BCUT2D eigenvalue weighted by atomic mass is 32.2. The lowest BCUT2D eigenvalue weighted by Crippen LogP contribution is -2.31. The summed E-state index contributed by atoms with van der Waals surface area (Å²) >= 11 is 1.53. The number of amides is 1. The maximum absolute atomic E-state index is 12.5. The molecule has 140 valence electrons. The van der Waals surface area contributed by atoms with Crippen LogP contribution in [-0.4, -0.2) is 32.0 Å². The predicted octanol–water partition coefficient (Wildman–Crippen LogP) is 3.26. The highest BCUT2D eigenvalue weighted by Gasteiger charge is 2.18. The molecule has 7 heteroatoms. The Balaban J connectivity index is 2.04. The van der Waals surface area contributed by atoms with Crippen molar-refractivity contribution in [2.75, 3.05) is 12.8 Å². The second-order valence-corrected chi connectivity index (χ2v) is 8.93. The molecule has 1 amide bonds. The minimum absolute atomic E-state index is 0.0129. The van der Waals surface area contributed by atoms with Crippen LogP contribution in [0.15, 0.2) is 52.3 Å². The molecule has 0 bridgehead atoms. The smallest absolute Gasteiger partial charge is 0.238 e. The van der Waals surface area contributed by atoms with E-state index in [-0.39, 0.29) is 16.8 Å². The summed E-state index contributed by atoms with van der Waals surface area (Å²) in [5.74, 6) is 0.361. The van der Waals surface area contributed by atoms with Gasteiger partial charge >= 0.3 is 0 Å². The number of primary sulfonamides is 1. The minimum Gasteiger partial charge on any atom is -0.338 e. The Morgan fingerprint density at radius 1 is 1.15 bits per heavy atom. The first-order valence-corrected chi connectivity index (χ1v) is 10.7. The van der Waals surface area contributed by atoms with E-state index in [0.29, 0.717) is 5.75 Å². The number of carbonyl (C=O) groups excluding carboxylic acids is 1. The minimum atomic E-state index is -3.71. The molecule has 0 saturated heterocycles. The van der Waals surface area contributed by atoms with E-state index in [2.05, 4.69) is 18.2 Å². The zero-order chi connectivity index (χ0) is 19.5. The van der Waals surface area contributed by atoms with E-state index in [1.54, 1.807) is 24.1 Å². The summed E-state index contributed by atoms with van der Waals surface area (Å²) in [6.07, 6.45) is 0. The fourth-order valence-corrected chi connectivity index (χ4v) is 4.04. The highest BCUT2D eigenvalue weighted by Crippen LogP contribution is 2.26. The average Bonchev–Trinajstić information content (AvgIpc) is 2.60. The number of thioether (sulfide) groups is 1. The van der Waals surface area contributed by atoms with Gasteiger partial charge in [0.1, 0.15) is 0 Å². The zero-order valence-corrected chi connectivity index (χ0v) is 17.0. The third kappa shape index (κ3) is 5.09. The van der Waals surface area contributed by atoms with Crippen LogP contribution in [0.4, 0.5) is 0 Å². The molecule has 0 aliphatic rings. The molecule has 0 radical (unpaired) electrons. The first-order valence-electron chi connectivity index (χ1n) is 8.18. The Morgan fingerprint density at radius 2 is 1.77 bits per heavy atom. The number of aryl methyl sites for hydroxylation is 2. The Hall–Kier alpha value is -1.83. The number of nitrogens with two attached hydrogens (primary N) is 1. The molecule has 5 nitrogen and oxygen atoms in total. The van der Waals surface area contributed by atoms with Crippen LogP contribution in [0.1, 0.15) is 29.7 Å². The number of nitrogens with zero attached hydrogens (tertiary/aromatic N) is 1. The molecule has 0 aliphatic carbocycles. The van der Waals surface area contributed by atoms with Gasteiger partial charge in [-0.3, -0.25) is 4.79 Å². The van der Waals surface area contributed by atoms with Crippen LogP contribution in [0.2, 0.25) is 0 Å². The molecule has 0 aromatic heterocycles. The molecule has 0 aliphatic heterocycles. The maximum Gasteiger partial charge on any atom is 0.238 e. The molecule has 2 rings (SSSR count). The fraction of sp³-hybridized carbons (Fsp3) is 0.316. The van der Waals surface area contributed by atoms with Crippen molar-refractivity contribution in [3.05, 3.63) is 59.2 Å². The normalized spacial score (nSPS) is 12.7. The SMILES string of the molecule is Cc1ccc(C)c(SCC(=O)N(C)C(C)c2ccc(S(N)(=O)=O)cc2)c1. The Kier molecular flexibility index (Phi) is 6.49. The van der Waals surface area contributed by atoms with Gasteiger partial charge in [-0.2, -0.15) is 0 Å². The van der Waals surface area contributed by atoms with Gasteiger partial charge in [-0.25, -0.2) is 13.6 Å². The van der Waals surface area contributed by atoms with Crippen molar-refractivity contribution < 1.29 is 13.2 Å². The summed E-state index contributed by atoms with van der Waals surface area (Å²) in [7, 11) is -1.96. The van der Waals surface area contributed by atoms with Crippen molar-refractivity contribution in [2.45, 2.75) is 36.6 Å². The lowest BCUT2D eigenvalue weighted by atomic mass is 10.1. The van der Waals surface area contributed by atoms with Gasteiger partial charge in [0.05, 0.1) is 16.7 Å². The van der Waals surface area contributed by atoms with E-state index < -0.39 is 10.0 Å². The lowest BCUT2D eigenvalue weighted by molar-refractivity contribution is -0.128. The van der Waals surface area contributed by atoms with Crippen LogP contribution in [0.3, 0.4) is 0 Å². The molecule has 26 heavy (non-hydrogen) atoms. The van der Waals surface area contributed by atoms with Crippen molar-refractivity contribution in [2.24, 2.45) is 5.14 Å². The van der Waals surface area contributed by atoms with Gasteiger partial charge in [-0.15, -0.1) is 11.8 Å². The van der Waals surface area contributed by atoms with Gasteiger partial charge < -0.3 is 4.90 Å². The number of carbonyl (C=O) groups is 1. The summed E-state index contributed by atoms with van der Waals surface area (Å²) in [5, 5.41) is 5.11. The van der Waals surface area contributed by atoms with E-state index in [0.717, 1.165) is 16.0 Å². The average molecular weight is 393 g/mol. The first-order chi connectivity index (χ1) is 12.1. The van der Waals surface area contributed by atoms with E-state index in [1.807, 2.05) is 20.8 Å². The number of hydrogen-bond acceptors (Lipinski definition) is 4. The van der Waals surface area contributed by atoms with Gasteiger partial charge in [0.2, 0.25) is 15.9 Å². The fourth-order valence-electron chi connectivity index (χ4n) is 2.48. The molecule has 1 atom stereocenters. The van der Waals surface area contributed by atoms with E-state index in [4.69, 9.17) is 5.14 Å². The standard InChI is InChI=1S/C19H24N2O3S2/c1-13-5-6-14(2)18(11-13)25-12-19(22)21(4)15(3)16-7-9-17(10-8-16)26(20,23)24/h5-11,15H,12H2,1-4H3,(H2,20,23,24). The molecule has 1 unspecified atom stereocenters. The Morgan fingerprint density at radius 3 is 2.35 bits per heavy atom. The van der Waals surface area contributed by atoms with Crippen LogP contribution >= 0.6 is 11.8 Å². The highest BCUT2D eigenvalue weighted by molar-refractivity contribution is 8.00. The predicted molar refractivity (Wildman–Crippen MR) is 106 cm³/mol. The second-order valence-electron chi connectivity index (χ2n) is 6.35. The Labute approximate surface area is 159 Å². The molecule has 2 aromatic rings. The lowest BCUT2D eigenvalue weighted by Gasteiger charge is -2.25. The van der Waals surface area contributed by atoms with Gasteiger partial charge in [-0.05, 0) is 50.1 Å². The number of hydrogen-bond donors (Lipinski definition) is 1. The van der Waals surface area contributed by atoms with Gasteiger partial charge in [0.25, 0.3) is 0 Å². The van der Waals surface area contributed by atoms with E-state index in [1.165, 1.54) is 29.5 Å². The molecule has 0 heterocycles. The molecule has 2 aromatic carbocycles. The van der Waals surface area contributed by atoms with Crippen LogP contribution in [0.5, 0.6) is 0 Å². The third-order valence-electron chi connectivity index (χ3n) is 4.36. The zero-order valence-electron chi connectivity index (χ0n) is 15.4. The molecule has 2 N–H and O–H groups in total. The van der Waals surface area contributed by atoms with Crippen molar-refractivity contribution in [3.8, 4) is 0 Å². The molecule has 0 saturated carbocycles. The van der Waals surface area contributed by atoms with Crippen molar-refractivity contribution >= 4 is 27.7 Å². The molecular weight excluding hydrogens is 368 g/mol. The van der Waals surface area contributed by atoms with Crippen LogP contribution in [-0.2, 0) is 14.8 Å². The topological polar surface area (TPSA) is 80.5 Å². The number of rotatable bonds is 6. The van der Waals surface area contributed by atoms with Crippen molar-refractivity contribution in [1.82, 2.24) is 4.90 Å². The summed E-state index contributed by atoms with van der Waals surface area (Å²) < 4.78 is 22.7. The van der Waals surface area contributed by atoms with E-state index in [9.17, 15) is 13.2 Å². The number of sulfonamides is 1. The summed E-state index contributed by atoms with van der Waals surface area (Å²) in [4.78, 5) is 15.4.